The van der Waals surface area contributed by atoms with Crippen molar-refractivity contribution in [3.8, 4) is 5.75 Å². The molecule has 0 heterocycles. The van der Waals surface area contributed by atoms with Crippen LogP contribution in [0, 0.1) is 5.82 Å². The molecule has 2 aromatic rings. The number of nitrogens with two attached hydrogens (primary N) is 1. The predicted molar refractivity (Wildman–Crippen MR) is 75.9 cm³/mol. The molecular formula is C15H13FN2O3. The number of ether oxygens (including phenoxy) is 1. The van der Waals surface area contributed by atoms with E-state index in [1.165, 1.54) is 19.2 Å². The highest BCUT2D eigenvalue weighted by molar-refractivity contribution is 6.05. The number of methoxy groups -OCH3 is 1. The monoisotopic (exact) mass is 288 g/mol. The number of hydrogen-bond donors (Lipinski definition) is 2. The average Bonchev–Trinajstić information content (AvgIpc) is 2.47. The molecule has 0 bridgehead atoms. The number of anilines is 1. The summed E-state index contributed by atoms with van der Waals surface area (Å²) in [6.45, 7) is 0. The van der Waals surface area contributed by atoms with Gasteiger partial charge in [-0.05, 0) is 42.5 Å². The quantitative estimate of drug-likeness (QED) is 0.904. The van der Waals surface area contributed by atoms with Gasteiger partial charge in [-0.25, -0.2) is 4.39 Å². The van der Waals surface area contributed by atoms with Crippen molar-refractivity contribution >= 4 is 17.5 Å². The predicted octanol–water partition coefficient (Wildman–Crippen LogP) is 2.19. The Kier molecular flexibility index (Phi) is 4.18. The van der Waals surface area contributed by atoms with Gasteiger partial charge >= 0.3 is 0 Å². The summed E-state index contributed by atoms with van der Waals surface area (Å²) in [4.78, 5) is 22.9. The summed E-state index contributed by atoms with van der Waals surface area (Å²) in [5.41, 5.74) is 5.38. The van der Waals surface area contributed by atoms with Gasteiger partial charge in [0.1, 0.15) is 11.6 Å². The minimum absolute atomic E-state index is 0.0910. The van der Waals surface area contributed by atoms with Gasteiger partial charge in [0.05, 0.1) is 12.7 Å². The fourth-order valence-corrected chi connectivity index (χ4v) is 1.73. The highest BCUT2D eigenvalue weighted by Crippen LogP contribution is 2.17. The van der Waals surface area contributed by atoms with Crippen LogP contribution in [0.3, 0.4) is 0 Å². The van der Waals surface area contributed by atoms with Crippen molar-refractivity contribution < 1.29 is 18.7 Å². The van der Waals surface area contributed by atoms with Crippen LogP contribution in [0.25, 0.3) is 0 Å². The van der Waals surface area contributed by atoms with Crippen LogP contribution in [-0.2, 0) is 0 Å². The minimum atomic E-state index is -0.880. The maximum absolute atomic E-state index is 13.6. The van der Waals surface area contributed by atoms with Crippen LogP contribution in [0.1, 0.15) is 20.7 Å². The van der Waals surface area contributed by atoms with Crippen LogP contribution in [0.2, 0.25) is 0 Å². The van der Waals surface area contributed by atoms with E-state index in [9.17, 15) is 14.0 Å². The topological polar surface area (TPSA) is 81.4 Å². The van der Waals surface area contributed by atoms with Crippen molar-refractivity contribution in [3.63, 3.8) is 0 Å². The number of benzene rings is 2. The van der Waals surface area contributed by atoms with Crippen molar-refractivity contribution in [1.29, 1.82) is 0 Å². The van der Waals surface area contributed by atoms with Gasteiger partial charge in [0.15, 0.2) is 0 Å². The first-order chi connectivity index (χ1) is 10.0. The molecule has 0 aliphatic rings. The van der Waals surface area contributed by atoms with Crippen molar-refractivity contribution in [2.45, 2.75) is 0 Å². The van der Waals surface area contributed by atoms with E-state index in [-0.39, 0.29) is 11.1 Å². The third kappa shape index (κ3) is 3.36. The number of primary amides is 1. The summed E-state index contributed by atoms with van der Waals surface area (Å²) in [7, 11) is 1.54. The molecule has 0 aliphatic carbocycles. The second kappa shape index (κ2) is 6.04. The van der Waals surface area contributed by atoms with Gasteiger partial charge in [-0.2, -0.15) is 0 Å². The van der Waals surface area contributed by atoms with Gasteiger partial charge in [-0.15, -0.1) is 0 Å². The number of amides is 2. The molecule has 0 aliphatic heterocycles. The second-order valence-electron chi connectivity index (χ2n) is 4.24. The molecule has 5 nitrogen and oxygen atoms in total. The molecule has 21 heavy (non-hydrogen) atoms. The summed E-state index contributed by atoms with van der Waals surface area (Å²) in [6.07, 6.45) is 0. The van der Waals surface area contributed by atoms with Gasteiger partial charge in [-0.1, -0.05) is 0 Å². The molecule has 0 radical (unpaired) electrons. The van der Waals surface area contributed by atoms with Crippen molar-refractivity contribution in [3.05, 3.63) is 59.4 Å². The Morgan fingerprint density at radius 3 is 2.33 bits per heavy atom. The van der Waals surface area contributed by atoms with Gasteiger partial charge in [0, 0.05) is 11.3 Å². The maximum Gasteiger partial charge on any atom is 0.255 e. The van der Waals surface area contributed by atoms with Crippen molar-refractivity contribution in [2.75, 3.05) is 12.4 Å². The zero-order chi connectivity index (χ0) is 15.4. The Morgan fingerprint density at radius 2 is 1.81 bits per heavy atom. The van der Waals surface area contributed by atoms with E-state index in [0.717, 1.165) is 6.07 Å². The fourth-order valence-electron chi connectivity index (χ4n) is 1.73. The largest absolute Gasteiger partial charge is 0.497 e. The molecule has 0 spiro atoms. The number of halogens is 1. The lowest BCUT2D eigenvalue weighted by atomic mass is 10.1. The summed E-state index contributed by atoms with van der Waals surface area (Å²) in [6, 6.07) is 10.2. The Morgan fingerprint density at radius 1 is 1.14 bits per heavy atom. The molecule has 0 aromatic heterocycles. The van der Waals surface area contributed by atoms with Gasteiger partial charge in [-0.3, -0.25) is 9.59 Å². The van der Waals surface area contributed by atoms with E-state index < -0.39 is 17.6 Å². The van der Waals surface area contributed by atoms with Crippen molar-refractivity contribution in [1.82, 2.24) is 0 Å². The highest BCUT2D eigenvalue weighted by Gasteiger charge is 2.12. The van der Waals surface area contributed by atoms with E-state index >= 15 is 0 Å². The van der Waals surface area contributed by atoms with E-state index in [0.29, 0.717) is 11.4 Å². The Bertz CT molecular complexity index is 684. The van der Waals surface area contributed by atoms with E-state index in [1.807, 2.05) is 0 Å². The minimum Gasteiger partial charge on any atom is -0.497 e. The lowest BCUT2D eigenvalue weighted by Gasteiger charge is -2.07. The molecule has 6 heteroatoms. The maximum atomic E-state index is 13.6. The molecule has 108 valence electrons. The summed E-state index contributed by atoms with van der Waals surface area (Å²) in [5.74, 6) is -1.54. The Labute approximate surface area is 120 Å². The van der Waals surface area contributed by atoms with Crippen LogP contribution in [0.4, 0.5) is 10.1 Å². The number of rotatable bonds is 4. The Balaban J connectivity index is 2.16. The average molecular weight is 288 g/mol. The fraction of sp³-hybridized carbons (Fsp3) is 0.0667. The third-order valence-corrected chi connectivity index (χ3v) is 2.84. The zero-order valence-corrected chi connectivity index (χ0v) is 11.2. The van der Waals surface area contributed by atoms with Crippen LogP contribution in [0.15, 0.2) is 42.5 Å². The van der Waals surface area contributed by atoms with E-state index in [1.54, 1.807) is 24.3 Å². The summed E-state index contributed by atoms with van der Waals surface area (Å²) in [5, 5.41) is 2.61. The first kappa shape index (κ1) is 14.5. The molecule has 0 atom stereocenters. The number of nitrogens with one attached hydrogen (secondary N) is 1. The Hall–Kier alpha value is -2.89. The SMILES string of the molecule is COc1ccc(NC(=O)c2ccc(C(N)=O)c(F)c2)cc1. The molecule has 0 unspecified atom stereocenters. The third-order valence-electron chi connectivity index (χ3n) is 2.84. The molecule has 0 saturated carbocycles. The molecule has 0 fully saturated rings. The first-order valence-electron chi connectivity index (χ1n) is 6.06. The standard InChI is InChI=1S/C15H13FN2O3/c1-21-11-5-3-10(4-6-11)18-15(20)9-2-7-12(14(17)19)13(16)8-9/h2-8H,1H3,(H2,17,19)(H,18,20). The molecule has 2 amide bonds. The number of carbonyl (C=O) groups excluding carboxylic acids is 2. The van der Waals surface area contributed by atoms with Crippen molar-refractivity contribution in [2.24, 2.45) is 5.73 Å². The first-order valence-corrected chi connectivity index (χ1v) is 6.06. The van der Waals surface area contributed by atoms with E-state index in [4.69, 9.17) is 10.5 Å². The van der Waals surface area contributed by atoms with E-state index in [2.05, 4.69) is 5.32 Å². The lowest BCUT2D eigenvalue weighted by Crippen LogP contribution is -2.16. The zero-order valence-electron chi connectivity index (χ0n) is 11.2. The molecular weight excluding hydrogens is 275 g/mol. The van der Waals surface area contributed by atoms with Crippen LogP contribution >= 0.6 is 0 Å². The van der Waals surface area contributed by atoms with Gasteiger partial charge in [0.25, 0.3) is 11.8 Å². The number of carbonyl (C=O) groups is 2. The molecule has 3 N–H and O–H groups in total. The summed E-state index contributed by atoms with van der Waals surface area (Å²) >= 11 is 0. The lowest BCUT2D eigenvalue weighted by molar-refractivity contribution is 0.0991. The normalized spacial score (nSPS) is 10.0. The van der Waals surface area contributed by atoms with Crippen LogP contribution in [-0.4, -0.2) is 18.9 Å². The molecule has 2 aromatic carbocycles. The molecule has 2 rings (SSSR count). The molecule has 0 saturated heterocycles. The smallest absolute Gasteiger partial charge is 0.255 e. The second-order valence-corrected chi connectivity index (χ2v) is 4.24. The van der Waals surface area contributed by atoms with Crippen LogP contribution < -0.4 is 15.8 Å². The van der Waals surface area contributed by atoms with Gasteiger partial charge in [0.2, 0.25) is 0 Å². The summed E-state index contributed by atoms with van der Waals surface area (Å²) < 4.78 is 18.6. The van der Waals surface area contributed by atoms with Crippen LogP contribution in [0.5, 0.6) is 5.75 Å². The van der Waals surface area contributed by atoms with Gasteiger partial charge < -0.3 is 15.8 Å². The number of hydrogen-bond acceptors (Lipinski definition) is 3. The highest BCUT2D eigenvalue weighted by atomic mass is 19.1.